The van der Waals surface area contributed by atoms with Crippen molar-refractivity contribution in [3.63, 3.8) is 0 Å². The first-order chi connectivity index (χ1) is 23.4. The number of aromatic amines is 1. The molecule has 266 valence electrons. The Morgan fingerprint density at radius 2 is 1.76 bits per heavy atom. The number of sulfonamides is 1. The van der Waals surface area contributed by atoms with Crippen molar-refractivity contribution in [3.05, 3.63) is 75.5 Å². The Kier molecular flexibility index (Phi) is 12.4. The fourth-order valence-electron chi connectivity index (χ4n) is 5.34. The molecule has 0 amide bonds. The second-order valence-corrected chi connectivity index (χ2v) is 14.5. The van der Waals surface area contributed by atoms with Gasteiger partial charge in [-0.15, -0.1) is 0 Å². The number of nitrogens with zero attached hydrogens (tertiary/aromatic N) is 2. The van der Waals surface area contributed by atoms with Crippen molar-refractivity contribution in [3.8, 4) is 17.2 Å². The molecule has 2 aliphatic rings. The van der Waals surface area contributed by atoms with Gasteiger partial charge in [-0.2, -0.15) is 8.78 Å². The fraction of sp³-hybridized carbons (Fsp3) is 0.455. The topological polar surface area (TPSA) is 118 Å². The first-order valence-corrected chi connectivity index (χ1v) is 18.3. The quantitative estimate of drug-likeness (QED) is 0.177. The van der Waals surface area contributed by atoms with Gasteiger partial charge < -0.3 is 23.7 Å². The highest BCUT2D eigenvalue weighted by atomic mass is 35.5. The lowest BCUT2D eigenvalue weighted by molar-refractivity contribution is -0.377. The summed E-state index contributed by atoms with van der Waals surface area (Å²) in [6, 6.07) is 8.68. The van der Waals surface area contributed by atoms with Crippen molar-refractivity contribution in [2.24, 2.45) is 5.92 Å². The Balaban J connectivity index is 1.47. The first-order valence-electron chi connectivity index (χ1n) is 15.6. The van der Waals surface area contributed by atoms with E-state index in [9.17, 15) is 22.0 Å². The number of benzene rings is 2. The molecule has 1 atom stereocenters. The van der Waals surface area contributed by atoms with Crippen LogP contribution in [0.3, 0.4) is 0 Å². The monoisotopic (exact) mass is 744 g/mol. The Bertz CT molecular complexity index is 1710. The molecule has 3 aromatic rings. The van der Waals surface area contributed by atoms with Gasteiger partial charge in [0.25, 0.3) is 0 Å². The Morgan fingerprint density at radius 3 is 2.39 bits per heavy atom. The number of pyridine rings is 1. The average Bonchev–Trinajstić information content (AvgIpc) is 3.90. The van der Waals surface area contributed by atoms with Gasteiger partial charge in [0.1, 0.15) is 21.9 Å². The normalized spacial score (nSPS) is 15.9. The van der Waals surface area contributed by atoms with Crippen LogP contribution in [0.15, 0.2) is 48.8 Å². The van der Waals surface area contributed by atoms with E-state index in [-0.39, 0.29) is 51.5 Å². The number of halogens is 4. The van der Waals surface area contributed by atoms with Gasteiger partial charge in [0.15, 0.2) is 23.9 Å². The number of esters is 1. The molecule has 5 rings (SSSR count). The summed E-state index contributed by atoms with van der Waals surface area (Å²) in [7, 11) is -2.40. The number of H-pyrrole nitrogens is 1. The van der Waals surface area contributed by atoms with Crippen molar-refractivity contribution in [1.82, 2.24) is 4.90 Å². The minimum absolute atomic E-state index is 0.00717. The summed E-state index contributed by atoms with van der Waals surface area (Å²) in [6.45, 7) is 0.216. The Morgan fingerprint density at radius 1 is 1.06 bits per heavy atom. The standard InChI is InChI=1S/C33H37Cl2F2N3O8S/c1-44-28-7-6-23(15-27(28)40(49(2,42)43)10-9-39-11-13-45-14-12-39)32(41)47-30(17-24-25(34)18-38-19-26(24)35)22-5-8-29(48-33(36)37)31(16-22)46-20-21-3-4-21/h5-8,15-16,18-19,21,30,33H,3-4,9-14,17,20H2,1-2H3/p+1/t30-/m0/s1. The maximum absolute atomic E-state index is 13.9. The molecular weight excluding hydrogens is 707 g/mol. The second kappa shape index (κ2) is 16.5. The van der Waals surface area contributed by atoms with Crippen LogP contribution < -0.4 is 23.5 Å². The number of nitrogens with one attached hydrogen (secondary N) is 1. The van der Waals surface area contributed by atoms with Gasteiger partial charge in [-0.05, 0) is 54.7 Å². The SMILES string of the molecule is COc1ccc(C(=O)O[C@@H](Cc2c(Cl)c[nH+]cc2Cl)c2ccc(OC(F)F)c(OCC3CC3)c2)cc1N(CCN1CCOCC1)S(C)(=O)=O. The first kappa shape index (κ1) is 36.8. The lowest BCUT2D eigenvalue weighted by atomic mass is 10.0. The lowest BCUT2D eigenvalue weighted by Crippen LogP contribution is -2.43. The van der Waals surface area contributed by atoms with Gasteiger partial charge >= 0.3 is 12.6 Å². The van der Waals surface area contributed by atoms with E-state index in [1.165, 1.54) is 60.2 Å². The molecule has 2 heterocycles. The minimum atomic E-state index is -3.80. The fourth-order valence-corrected chi connectivity index (χ4v) is 6.78. The van der Waals surface area contributed by atoms with E-state index >= 15 is 0 Å². The molecule has 0 unspecified atom stereocenters. The van der Waals surface area contributed by atoms with Crippen molar-refractivity contribution in [2.75, 3.05) is 63.7 Å². The highest BCUT2D eigenvalue weighted by molar-refractivity contribution is 7.92. The van der Waals surface area contributed by atoms with Crippen molar-refractivity contribution >= 4 is 44.9 Å². The number of morpholine rings is 1. The van der Waals surface area contributed by atoms with Gasteiger partial charge in [-0.1, -0.05) is 29.3 Å². The number of alkyl halides is 2. The number of methoxy groups -OCH3 is 1. The summed E-state index contributed by atoms with van der Waals surface area (Å²) in [4.78, 5) is 18.8. The molecule has 0 radical (unpaired) electrons. The lowest BCUT2D eigenvalue weighted by Gasteiger charge is -2.30. The Hall–Kier alpha value is -3.43. The molecule has 1 aliphatic heterocycles. The second-order valence-electron chi connectivity index (χ2n) is 11.7. The molecule has 1 aromatic heterocycles. The number of aromatic nitrogens is 1. The maximum Gasteiger partial charge on any atom is 0.387 e. The van der Waals surface area contributed by atoms with Gasteiger partial charge in [-0.25, -0.2) is 18.2 Å². The van der Waals surface area contributed by atoms with E-state index in [1.54, 1.807) is 0 Å². The van der Waals surface area contributed by atoms with E-state index in [0.29, 0.717) is 56.5 Å². The van der Waals surface area contributed by atoms with Gasteiger partial charge in [0, 0.05) is 38.2 Å². The number of ether oxygens (including phenoxy) is 5. The van der Waals surface area contributed by atoms with E-state index in [0.717, 1.165) is 19.1 Å². The third-order valence-corrected chi connectivity index (χ3v) is 10.0. The summed E-state index contributed by atoms with van der Waals surface area (Å²) >= 11 is 12.9. The molecule has 1 aliphatic carbocycles. The Labute approximate surface area is 294 Å². The third kappa shape index (κ3) is 10.1. The van der Waals surface area contributed by atoms with Crippen LogP contribution in [0.1, 0.15) is 40.4 Å². The minimum Gasteiger partial charge on any atom is -0.495 e. The number of anilines is 1. The van der Waals surface area contributed by atoms with Crippen molar-refractivity contribution in [1.29, 1.82) is 0 Å². The summed E-state index contributed by atoms with van der Waals surface area (Å²) in [5, 5.41) is 0.569. The van der Waals surface area contributed by atoms with Crippen LogP contribution in [-0.2, 0) is 25.9 Å². The molecule has 49 heavy (non-hydrogen) atoms. The maximum atomic E-state index is 13.9. The smallest absolute Gasteiger partial charge is 0.387 e. The number of carbonyl (C=O) groups is 1. The van der Waals surface area contributed by atoms with Crippen LogP contribution in [-0.4, -0.2) is 85.3 Å². The highest BCUT2D eigenvalue weighted by Gasteiger charge is 2.28. The van der Waals surface area contributed by atoms with Crippen LogP contribution in [0.2, 0.25) is 10.0 Å². The zero-order chi connectivity index (χ0) is 35.1. The molecule has 11 nitrogen and oxygen atoms in total. The van der Waals surface area contributed by atoms with Crippen LogP contribution in [0.5, 0.6) is 17.2 Å². The van der Waals surface area contributed by atoms with E-state index in [2.05, 4.69) is 9.88 Å². The average molecular weight is 746 g/mol. The number of rotatable bonds is 16. The van der Waals surface area contributed by atoms with E-state index in [4.69, 9.17) is 46.9 Å². The number of hydrogen-bond acceptors (Lipinski definition) is 9. The van der Waals surface area contributed by atoms with Gasteiger partial charge in [0.2, 0.25) is 10.0 Å². The summed E-state index contributed by atoms with van der Waals surface area (Å²) in [5.74, 6) is -0.322. The molecule has 16 heteroatoms. The summed E-state index contributed by atoms with van der Waals surface area (Å²) < 4.78 is 81.2. The van der Waals surface area contributed by atoms with Gasteiger partial charge in [0.05, 0.1) is 44.4 Å². The predicted octanol–water partition coefficient (Wildman–Crippen LogP) is 5.45. The molecular formula is C33H38Cl2F2N3O8S+. The molecule has 1 N–H and O–H groups in total. The van der Waals surface area contributed by atoms with Crippen molar-refractivity contribution in [2.45, 2.75) is 32.0 Å². The van der Waals surface area contributed by atoms with E-state index < -0.39 is 28.7 Å². The highest BCUT2D eigenvalue weighted by Crippen LogP contribution is 2.38. The number of carbonyl (C=O) groups excluding carboxylic acids is 1. The number of hydrogen-bond donors (Lipinski definition) is 0. The summed E-state index contributed by atoms with van der Waals surface area (Å²) in [6.07, 6.45) is 5.05. The van der Waals surface area contributed by atoms with E-state index in [1.807, 2.05) is 0 Å². The van der Waals surface area contributed by atoms with Crippen LogP contribution in [0, 0.1) is 5.92 Å². The molecule has 1 saturated heterocycles. The van der Waals surface area contributed by atoms with Crippen molar-refractivity contribution < 1.29 is 50.7 Å². The zero-order valence-corrected chi connectivity index (χ0v) is 29.3. The van der Waals surface area contributed by atoms with Crippen LogP contribution in [0.4, 0.5) is 14.5 Å². The molecule has 1 saturated carbocycles. The van der Waals surface area contributed by atoms with Crippen LogP contribution in [0.25, 0.3) is 0 Å². The largest absolute Gasteiger partial charge is 0.495 e. The molecule has 0 bridgehead atoms. The zero-order valence-electron chi connectivity index (χ0n) is 27.0. The third-order valence-electron chi connectivity index (χ3n) is 8.17. The predicted molar refractivity (Wildman–Crippen MR) is 179 cm³/mol. The summed E-state index contributed by atoms with van der Waals surface area (Å²) in [5.41, 5.74) is 1.08. The van der Waals surface area contributed by atoms with Crippen LogP contribution >= 0.6 is 23.2 Å². The molecule has 0 spiro atoms. The molecule has 2 aromatic carbocycles. The van der Waals surface area contributed by atoms with Gasteiger partial charge in [-0.3, -0.25) is 9.21 Å². The molecule has 2 fully saturated rings.